The number of aliphatic hydroxyl groups excluding tert-OH is 1. The van der Waals surface area contributed by atoms with Crippen molar-refractivity contribution in [3.05, 3.63) is 35.4 Å². The summed E-state index contributed by atoms with van der Waals surface area (Å²) in [5, 5.41) is 13.5. The van der Waals surface area contributed by atoms with Crippen LogP contribution in [0.25, 0.3) is 0 Å². The summed E-state index contributed by atoms with van der Waals surface area (Å²) in [6.45, 7) is 8.44. The maximum atomic E-state index is 10.2. The van der Waals surface area contributed by atoms with Crippen molar-refractivity contribution >= 4 is 0 Å². The Balaban J connectivity index is 1.75. The van der Waals surface area contributed by atoms with Crippen molar-refractivity contribution in [1.29, 1.82) is 0 Å². The van der Waals surface area contributed by atoms with E-state index in [0.29, 0.717) is 12.5 Å². The minimum absolute atomic E-state index is 0.222. The van der Waals surface area contributed by atoms with Gasteiger partial charge in [-0.05, 0) is 24.1 Å². The van der Waals surface area contributed by atoms with E-state index in [-0.39, 0.29) is 6.10 Å². The van der Waals surface area contributed by atoms with Gasteiger partial charge in [0.05, 0.1) is 18.8 Å². The fraction of sp³-hybridized carbons (Fsp3) is 0.647. The lowest BCUT2D eigenvalue weighted by Gasteiger charge is -2.30. The third-order valence-electron chi connectivity index (χ3n) is 4.04. The Kier molecular flexibility index (Phi) is 6.18. The maximum absolute atomic E-state index is 10.2. The van der Waals surface area contributed by atoms with E-state index in [9.17, 15) is 5.11 Å². The summed E-state index contributed by atoms with van der Waals surface area (Å²) >= 11 is 0. The molecule has 1 aromatic carbocycles. The molecule has 0 radical (unpaired) electrons. The van der Waals surface area contributed by atoms with Gasteiger partial charge in [-0.2, -0.15) is 0 Å². The summed E-state index contributed by atoms with van der Waals surface area (Å²) in [5.41, 5.74) is 2.27. The molecule has 4 heteroatoms. The molecule has 0 bridgehead atoms. The van der Waals surface area contributed by atoms with Gasteiger partial charge in [-0.1, -0.05) is 38.1 Å². The summed E-state index contributed by atoms with van der Waals surface area (Å²) in [6, 6.07) is 8.24. The lowest BCUT2D eigenvalue weighted by Crippen LogP contribution is -2.45. The van der Waals surface area contributed by atoms with Crippen LogP contribution in [0.1, 0.15) is 37.0 Å². The Labute approximate surface area is 128 Å². The fourth-order valence-electron chi connectivity index (χ4n) is 2.59. The smallest absolute Gasteiger partial charge is 0.0914 e. The summed E-state index contributed by atoms with van der Waals surface area (Å²) in [4.78, 5) is 2.27. The molecule has 2 rings (SSSR count). The molecule has 118 valence electrons. The van der Waals surface area contributed by atoms with Gasteiger partial charge in [0.25, 0.3) is 0 Å². The van der Waals surface area contributed by atoms with Crippen LogP contribution in [-0.2, 0) is 4.74 Å². The molecular formula is C17H28N2O2. The maximum Gasteiger partial charge on any atom is 0.0914 e. The van der Waals surface area contributed by atoms with Crippen molar-refractivity contribution in [2.24, 2.45) is 0 Å². The summed E-state index contributed by atoms with van der Waals surface area (Å²) < 4.78 is 5.69. The van der Waals surface area contributed by atoms with Crippen molar-refractivity contribution < 1.29 is 9.84 Å². The highest BCUT2D eigenvalue weighted by Crippen LogP contribution is 2.18. The normalized spacial score (nSPS) is 21.7. The largest absolute Gasteiger partial charge is 0.387 e. The number of morpholine rings is 1. The molecular weight excluding hydrogens is 264 g/mol. The van der Waals surface area contributed by atoms with Crippen molar-refractivity contribution in [3.8, 4) is 0 Å². The van der Waals surface area contributed by atoms with Gasteiger partial charge in [-0.25, -0.2) is 0 Å². The number of benzene rings is 1. The quantitative estimate of drug-likeness (QED) is 0.839. The molecule has 1 fully saturated rings. The molecule has 0 saturated carbocycles. The van der Waals surface area contributed by atoms with Gasteiger partial charge in [0.15, 0.2) is 0 Å². The van der Waals surface area contributed by atoms with Crippen LogP contribution in [0.5, 0.6) is 0 Å². The second kappa shape index (κ2) is 7.90. The molecule has 1 aliphatic heterocycles. The average molecular weight is 292 g/mol. The van der Waals surface area contributed by atoms with Crippen LogP contribution < -0.4 is 5.32 Å². The lowest BCUT2D eigenvalue weighted by atomic mass is 10.00. The first-order chi connectivity index (χ1) is 10.1. The van der Waals surface area contributed by atoms with Crippen molar-refractivity contribution in [3.63, 3.8) is 0 Å². The number of aliphatic hydroxyl groups is 1. The predicted molar refractivity (Wildman–Crippen MR) is 85.6 cm³/mol. The number of hydrogen-bond acceptors (Lipinski definition) is 4. The molecule has 1 aromatic rings. The molecule has 2 N–H and O–H groups in total. The molecule has 0 aromatic heterocycles. The van der Waals surface area contributed by atoms with Crippen LogP contribution >= 0.6 is 0 Å². The van der Waals surface area contributed by atoms with E-state index in [1.54, 1.807) is 0 Å². The molecule has 2 atom stereocenters. The van der Waals surface area contributed by atoms with Gasteiger partial charge in [-0.15, -0.1) is 0 Å². The molecule has 1 aliphatic rings. The first-order valence-corrected chi connectivity index (χ1v) is 7.85. The molecule has 1 saturated heterocycles. The standard InChI is InChI=1S/C17H28N2O2/c1-13(2)14-4-6-15(7-5-14)17(20)11-18-10-16-12-19(3)8-9-21-16/h4-7,13,16-18,20H,8-12H2,1-3H3. The summed E-state index contributed by atoms with van der Waals surface area (Å²) in [5.74, 6) is 0.523. The topological polar surface area (TPSA) is 44.7 Å². The number of rotatable bonds is 6. The third kappa shape index (κ3) is 5.08. The predicted octanol–water partition coefficient (Wildman–Crippen LogP) is 1.76. The van der Waals surface area contributed by atoms with E-state index in [1.165, 1.54) is 5.56 Å². The van der Waals surface area contributed by atoms with Crippen molar-refractivity contribution in [2.75, 3.05) is 39.8 Å². The van der Waals surface area contributed by atoms with Gasteiger partial charge < -0.3 is 20.1 Å². The van der Waals surface area contributed by atoms with Crippen LogP contribution in [0.4, 0.5) is 0 Å². The van der Waals surface area contributed by atoms with Gasteiger partial charge in [0, 0.05) is 26.2 Å². The van der Waals surface area contributed by atoms with E-state index < -0.39 is 6.10 Å². The first-order valence-electron chi connectivity index (χ1n) is 7.85. The summed E-state index contributed by atoms with van der Waals surface area (Å²) in [6.07, 6.45) is -0.244. The highest BCUT2D eigenvalue weighted by molar-refractivity contribution is 5.26. The number of nitrogens with one attached hydrogen (secondary N) is 1. The molecule has 2 unspecified atom stereocenters. The zero-order chi connectivity index (χ0) is 15.2. The SMILES string of the molecule is CC(C)c1ccc(C(O)CNCC2CN(C)CCO2)cc1. The van der Waals surface area contributed by atoms with E-state index in [1.807, 2.05) is 12.1 Å². The Morgan fingerprint density at radius 3 is 2.57 bits per heavy atom. The van der Waals surface area contributed by atoms with Crippen LogP contribution in [0.2, 0.25) is 0 Å². The zero-order valence-electron chi connectivity index (χ0n) is 13.4. The minimum atomic E-state index is -0.465. The zero-order valence-corrected chi connectivity index (χ0v) is 13.4. The van der Waals surface area contributed by atoms with Crippen LogP contribution in [-0.4, -0.2) is 55.9 Å². The van der Waals surface area contributed by atoms with Crippen molar-refractivity contribution in [2.45, 2.75) is 32.0 Å². The van der Waals surface area contributed by atoms with E-state index in [2.05, 4.69) is 43.2 Å². The molecule has 1 heterocycles. The van der Waals surface area contributed by atoms with Gasteiger partial charge >= 0.3 is 0 Å². The van der Waals surface area contributed by atoms with Gasteiger partial charge in [0.1, 0.15) is 0 Å². The second-order valence-corrected chi connectivity index (χ2v) is 6.25. The summed E-state index contributed by atoms with van der Waals surface area (Å²) in [7, 11) is 2.11. The van der Waals surface area contributed by atoms with Crippen LogP contribution in [0.15, 0.2) is 24.3 Å². The molecule has 4 nitrogen and oxygen atoms in total. The van der Waals surface area contributed by atoms with E-state index >= 15 is 0 Å². The van der Waals surface area contributed by atoms with Crippen LogP contribution in [0, 0.1) is 0 Å². The third-order valence-corrected chi connectivity index (χ3v) is 4.04. The van der Waals surface area contributed by atoms with Crippen LogP contribution in [0.3, 0.4) is 0 Å². The Hall–Kier alpha value is -0.940. The van der Waals surface area contributed by atoms with E-state index in [4.69, 9.17) is 4.74 Å². The molecule has 21 heavy (non-hydrogen) atoms. The highest BCUT2D eigenvalue weighted by atomic mass is 16.5. The molecule has 0 aliphatic carbocycles. The number of nitrogens with zero attached hydrogens (tertiary/aromatic N) is 1. The minimum Gasteiger partial charge on any atom is -0.387 e. The Morgan fingerprint density at radius 1 is 1.29 bits per heavy atom. The lowest BCUT2D eigenvalue weighted by molar-refractivity contribution is -0.0191. The number of likely N-dealkylation sites (N-methyl/N-ethyl adjacent to an activating group) is 1. The Bertz CT molecular complexity index is 419. The monoisotopic (exact) mass is 292 g/mol. The number of ether oxygens (including phenoxy) is 1. The second-order valence-electron chi connectivity index (χ2n) is 6.25. The first kappa shape index (κ1) is 16.4. The van der Waals surface area contributed by atoms with Crippen molar-refractivity contribution in [1.82, 2.24) is 10.2 Å². The fourth-order valence-corrected chi connectivity index (χ4v) is 2.59. The van der Waals surface area contributed by atoms with Gasteiger partial charge in [0.2, 0.25) is 0 Å². The average Bonchev–Trinajstić information content (AvgIpc) is 2.47. The molecule has 0 amide bonds. The van der Waals surface area contributed by atoms with E-state index in [0.717, 1.165) is 31.8 Å². The molecule has 0 spiro atoms. The number of hydrogen-bond donors (Lipinski definition) is 2. The van der Waals surface area contributed by atoms with Gasteiger partial charge in [-0.3, -0.25) is 0 Å². The Morgan fingerprint density at radius 2 is 1.95 bits per heavy atom. The highest BCUT2D eigenvalue weighted by Gasteiger charge is 2.17.